The first-order valence-electron chi connectivity index (χ1n) is 8.11. The first kappa shape index (κ1) is 16.5. The van der Waals surface area contributed by atoms with Crippen LogP contribution in [0.5, 0.6) is 0 Å². The molecule has 2 aliphatic rings. The van der Waals surface area contributed by atoms with Crippen molar-refractivity contribution in [3.63, 3.8) is 0 Å². The molecule has 1 saturated carbocycles. The first-order valence-corrected chi connectivity index (χ1v) is 8.11. The van der Waals surface area contributed by atoms with E-state index < -0.39 is 0 Å². The lowest BCUT2D eigenvalue weighted by Gasteiger charge is -2.27. The largest absolute Gasteiger partial charge is 0.379 e. The molecule has 0 spiro atoms. The molecule has 2 rings (SSSR count). The average Bonchev–Trinajstić information content (AvgIpc) is 3.31. The molecular weight excluding hydrogens is 266 g/mol. The van der Waals surface area contributed by atoms with Gasteiger partial charge >= 0.3 is 0 Å². The second-order valence-corrected chi connectivity index (χ2v) is 6.20. The van der Waals surface area contributed by atoms with Gasteiger partial charge in [0, 0.05) is 45.8 Å². The van der Waals surface area contributed by atoms with Gasteiger partial charge in [0.15, 0.2) is 5.96 Å². The van der Waals surface area contributed by atoms with E-state index in [2.05, 4.69) is 39.5 Å². The molecular formula is C15H31N5O. The fourth-order valence-corrected chi connectivity index (χ4v) is 2.83. The number of rotatable bonds is 7. The van der Waals surface area contributed by atoms with Crippen LogP contribution in [0.3, 0.4) is 0 Å². The van der Waals surface area contributed by atoms with Crippen LogP contribution in [0.2, 0.25) is 0 Å². The van der Waals surface area contributed by atoms with Crippen molar-refractivity contribution in [3.05, 3.63) is 0 Å². The van der Waals surface area contributed by atoms with Gasteiger partial charge in [0.1, 0.15) is 0 Å². The molecule has 1 atom stereocenters. The molecule has 0 radical (unpaired) electrons. The minimum Gasteiger partial charge on any atom is -0.379 e. The highest BCUT2D eigenvalue weighted by atomic mass is 16.5. The van der Waals surface area contributed by atoms with E-state index in [0.717, 1.165) is 57.8 Å². The van der Waals surface area contributed by atoms with E-state index >= 15 is 0 Å². The summed E-state index contributed by atoms with van der Waals surface area (Å²) in [6, 6.07) is 0.614. The third kappa shape index (κ3) is 5.80. The Morgan fingerprint density at radius 1 is 1.29 bits per heavy atom. The number of nitrogens with zero attached hydrogens (tertiary/aromatic N) is 3. The zero-order chi connectivity index (χ0) is 15.1. The van der Waals surface area contributed by atoms with Crippen LogP contribution in [0.25, 0.3) is 0 Å². The van der Waals surface area contributed by atoms with E-state index in [-0.39, 0.29) is 0 Å². The van der Waals surface area contributed by atoms with Crippen LogP contribution in [0.1, 0.15) is 12.8 Å². The second kappa shape index (κ2) is 8.56. The van der Waals surface area contributed by atoms with Crippen LogP contribution in [-0.4, -0.2) is 88.9 Å². The molecule has 1 heterocycles. The zero-order valence-corrected chi connectivity index (χ0v) is 13.8. The fourth-order valence-electron chi connectivity index (χ4n) is 2.83. The summed E-state index contributed by atoms with van der Waals surface area (Å²) >= 11 is 0. The van der Waals surface area contributed by atoms with Gasteiger partial charge in [-0.15, -0.1) is 0 Å². The summed E-state index contributed by atoms with van der Waals surface area (Å²) in [5.74, 6) is 1.77. The molecule has 2 N–H and O–H groups in total. The number of ether oxygens (including phenoxy) is 1. The first-order chi connectivity index (χ1) is 10.2. The number of morpholine rings is 1. The molecule has 1 aliphatic carbocycles. The molecule has 1 unspecified atom stereocenters. The van der Waals surface area contributed by atoms with Crippen molar-refractivity contribution in [1.82, 2.24) is 20.4 Å². The average molecular weight is 297 g/mol. The summed E-state index contributed by atoms with van der Waals surface area (Å²) < 4.78 is 5.36. The van der Waals surface area contributed by atoms with Gasteiger partial charge in [-0.05, 0) is 32.9 Å². The minimum absolute atomic E-state index is 0.614. The Bertz CT molecular complexity index is 322. The molecule has 2 fully saturated rings. The van der Waals surface area contributed by atoms with Crippen LogP contribution in [-0.2, 0) is 4.74 Å². The molecule has 6 heteroatoms. The van der Waals surface area contributed by atoms with E-state index in [1.165, 1.54) is 12.8 Å². The van der Waals surface area contributed by atoms with Gasteiger partial charge in [0.05, 0.1) is 13.2 Å². The quantitative estimate of drug-likeness (QED) is 0.504. The highest BCUT2D eigenvalue weighted by molar-refractivity contribution is 5.79. The highest BCUT2D eigenvalue weighted by Gasteiger charge is 2.32. The predicted molar refractivity (Wildman–Crippen MR) is 86.8 cm³/mol. The Labute approximate surface area is 128 Å². The minimum atomic E-state index is 0.614. The van der Waals surface area contributed by atoms with E-state index in [0.29, 0.717) is 6.04 Å². The van der Waals surface area contributed by atoms with Crippen LogP contribution in [0.4, 0.5) is 0 Å². The molecule has 1 aliphatic heterocycles. The topological polar surface area (TPSA) is 52.1 Å². The fraction of sp³-hybridized carbons (Fsp3) is 0.933. The Morgan fingerprint density at radius 2 is 2.00 bits per heavy atom. The second-order valence-electron chi connectivity index (χ2n) is 6.20. The predicted octanol–water partition coefficient (Wildman–Crippen LogP) is -0.176. The summed E-state index contributed by atoms with van der Waals surface area (Å²) in [4.78, 5) is 9.07. The number of nitrogens with one attached hydrogen (secondary N) is 2. The zero-order valence-electron chi connectivity index (χ0n) is 13.8. The molecule has 0 bridgehead atoms. The Hall–Kier alpha value is -0.850. The van der Waals surface area contributed by atoms with Crippen LogP contribution in [0.15, 0.2) is 4.99 Å². The van der Waals surface area contributed by atoms with E-state index in [4.69, 9.17) is 4.74 Å². The molecule has 0 aromatic heterocycles. The Balaban J connectivity index is 1.63. The number of hydrogen-bond acceptors (Lipinski definition) is 4. The normalized spacial score (nSPS) is 22.4. The molecule has 6 nitrogen and oxygen atoms in total. The lowest BCUT2D eigenvalue weighted by molar-refractivity contribution is 0.0389. The molecule has 0 aromatic carbocycles. The maximum Gasteiger partial charge on any atom is 0.191 e. The lowest BCUT2D eigenvalue weighted by Crippen LogP contribution is -2.48. The van der Waals surface area contributed by atoms with Gasteiger partial charge < -0.3 is 20.3 Å². The monoisotopic (exact) mass is 297 g/mol. The smallest absolute Gasteiger partial charge is 0.191 e. The van der Waals surface area contributed by atoms with Gasteiger partial charge in [-0.3, -0.25) is 9.89 Å². The van der Waals surface area contributed by atoms with Crippen molar-refractivity contribution < 1.29 is 4.74 Å². The summed E-state index contributed by atoms with van der Waals surface area (Å²) in [5, 5.41) is 6.87. The summed E-state index contributed by atoms with van der Waals surface area (Å²) in [7, 11) is 6.17. The molecule has 21 heavy (non-hydrogen) atoms. The van der Waals surface area contributed by atoms with Crippen LogP contribution >= 0.6 is 0 Å². The van der Waals surface area contributed by atoms with Gasteiger partial charge in [-0.1, -0.05) is 0 Å². The number of aliphatic imine (C=N–C) groups is 1. The molecule has 0 aromatic rings. The summed E-state index contributed by atoms with van der Waals surface area (Å²) in [6.45, 7) is 6.74. The number of hydrogen-bond donors (Lipinski definition) is 2. The maximum absolute atomic E-state index is 5.36. The van der Waals surface area contributed by atoms with Gasteiger partial charge in [-0.25, -0.2) is 0 Å². The summed E-state index contributed by atoms with van der Waals surface area (Å²) in [6.07, 6.45) is 2.74. The van der Waals surface area contributed by atoms with E-state index in [1.54, 1.807) is 0 Å². The van der Waals surface area contributed by atoms with Crippen molar-refractivity contribution >= 4 is 5.96 Å². The molecule has 1 saturated heterocycles. The molecule has 0 amide bonds. The van der Waals surface area contributed by atoms with E-state index in [9.17, 15) is 0 Å². The van der Waals surface area contributed by atoms with E-state index in [1.807, 2.05) is 7.05 Å². The third-order valence-electron chi connectivity index (χ3n) is 4.36. The van der Waals surface area contributed by atoms with Gasteiger partial charge in [0.25, 0.3) is 0 Å². The van der Waals surface area contributed by atoms with Gasteiger partial charge in [0.2, 0.25) is 0 Å². The van der Waals surface area contributed by atoms with Gasteiger partial charge in [-0.2, -0.15) is 0 Å². The summed E-state index contributed by atoms with van der Waals surface area (Å²) in [5.41, 5.74) is 0. The number of likely N-dealkylation sites (N-methyl/N-ethyl adjacent to an activating group) is 1. The van der Waals surface area contributed by atoms with Crippen molar-refractivity contribution in [1.29, 1.82) is 0 Å². The highest BCUT2D eigenvalue weighted by Crippen LogP contribution is 2.34. The standard InChI is InChI=1S/C15H31N5O/c1-16-15(17-6-7-20-8-10-21-11-9-20)18-12-14(19(2)3)13-4-5-13/h13-14H,4-12H2,1-3H3,(H2,16,17,18). The SMILES string of the molecule is CN=C(NCCN1CCOCC1)NCC(C1CC1)N(C)C. The van der Waals surface area contributed by atoms with Crippen LogP contribution in [0, 0.1) is 5.92 Å². The van der Waals surface area contributed by atoms with Crippen molar-refractivity contribution in [3.8, 4) is 0 Å². The van der Waals surface area contributed by atoms with Crippen LogP contribution < -0.4 is 10.6 Å². The maximum atomic E-state index is 5.36. The Kier molecular flexibility index (Phi) is 6.73. The molecule has 122 valence electrons. The third-order valence-corrected chi connectivity index (χ3v) is 4.36. The van der Waals surface area contributed by atoms with Crippen molar-refractivity contribution in [2.45, 2.75) is 18.9 Å². The lowest BCUT2D eigenvalue weighted by atomic mass is 10.1. The Morgan fingerprint density at radius 3 is 2.57 bits per heavy atom. The van der Waals surface area contributed by atoms with Crippen molar-refractivity contribution in [2.24, 2.45) is 10.9 Å². The van der Waals surface area contributed by atoms with Crippen molar-refractivity contribution in [2.75, 3.05) is 67.1 Å². The number of guanidine groups is 1.